The fourth-order valence-electron chi connectivity index (χ4n) is 1.65. The molecule has 2 aromatic rings. The Hall–Kier alpha value is -2.77. The molecule has 2 rings (SSSR count). The van der Waals surface area contributed by atoms with Crippen LogP contribution in [0.25, 0.3) is 5.69 Å². The Labute approximate surface area is 113 Å². The number of Topliss-reactive ketones (excluding diaryl/α,β-unsaturated/α-hetero) is 1. The fraction of sp³-hybridized carbons (Fsp3) is 0.250. The summed E-state index contributed by atoms with van der Waals surface area (Å²) in [5, 5.41) is 3.67. The van der Waals surface area contributed by atoms with Gasteiger partial charge in [-0.2, -0.15) is 5.10 Å². The number of aryl methyl sites for hydroxylation is 1. The summed E-state index contributed by atoms with van der Waals surface area (Å²) in [5.41, 5.74) is -1.50. The summed E-state index contributed by atoms with van der Waals surface area (Å²) < 4.78 is 6.68. The topological polar surface area (TPSA) is 96.1 Å². The number of ether oxygens (including phenoxy) is 1. The summed E-state index contributed by atoms with van der Waals surface area (Å²) in [6.07, 6.45) is 1.31. The van der Waals surface area contributed by atoms with Crippen LogP contribution in [0.3, 0.4) is 0 Å². The van der Waals surface area contributed by atoms with Crippen molar-refractivity contribution in [2.45, 2.75) is 6.92 Å². The fourth-order valence-corrected chi connectivity index (χ4v) is 1.65. The van der Waals surface area contributed by atoms with Crippen molar-refractivity contribution in [2.75, 3.05) is 7.11 Å². The second-order valence-corrected chi connectivity index (χ2v) is 4.01. The number of nitrogens with zero attached hydrogens (tertiary/aromatic N) is 4. The second-order valence-electron chi connectivity index (χ2n) is 4.01. The Morgan fingerprint density at radius 2 is 2.00 bits per heavy atom. The van der Waals surface area contributed by atoms with Gasteiger partial charge >= 0.3 is 5.69 Å². The van der Waals surface area contributed by atoms with Gasteiger partial charge in [0.1, 0.15) is 0 Å². The predicted molar refractivity (Wildman–Crippen MR) is 69.4 cm³/mol. The summed E-state index contributed by atoms with van der Waals surface area (Å²) in [6, 6.07) is 3.01. The maximum atomic E-state index is 12.1. The SMILES string of the molecule is COc1ccc(-n2c(=O)c(C(C)=O)nn(C)c2=O)cn1. The maximum Gasteiger partial charge on any atom is 0.351 e. The largest absolute Gasteiger partial charge is 0.481 e. The Kier molecular flexibility index (Phi) is 3.47. The van der Waals surface area contributed by atoms with E-state index in [1.165, 1.54) is 39.4 Å². The van der Waals surface area contributed by atoms with E-state index in [0.29, 0.717) is 5.88 Å². The Bertz CT molecular complexity index is 774. The molecule has 8 nitrogen and oxygen atoms in total. The van der Waals surface area contributed by atoms with Crippen LogP contribution in [-0.4, -0.2) is 32.2 Å². The number of aromatic nitrogens is 4. The molecule has 0 atom stereocenters. The Morgan fingerprint density at radius 1 is 1.30 bits per heavy atom. The lowest BCUT2D eigenvalue weighted by molar-refractivity contribution is 0.100. The van der Waals surface area contributed by atoms with Gasteiger partial charge in [0.2, 0.25) is 5.88 Å². The zero-order valence-electron chi connectivity index (χ0n) is 11.2. The number of pyridine rings is 1. The van der Waals surface area contributed by atoms with Crippen LogP contribution in [-0.2, 0) is 7.05 Å². The maximum absolute atomic E-state index is 12.1. The lowest BCUT2D eigenvalue weighted by atomic mass is 10.3. The van der Waals surface area contributed by atoms with Crippen molar-refractivity contribution in [3.05, 3.63) is 44.9 Å². The molecule has 0 N–H and O–H groups in total. The molecule has 0 saturated heterocycles. The lowest BCUT2D eigenvalue weighted by Crippen LogP contribution is -2.42. The summed E-state index contributed by atoms with van der Waals surface area (Å²) >= 11 is 0. The highest BCUT2D eigenvalue weighted by atomic mass is 16.5. The average Bonchev–Trinajstić information content (AvgIpc) is 2.43. The molecule has 2 aromatic heterocycles. The minimum absolute atomic E-state index is 0.237. The van der Waals surface area contributed by atoms with Gasteiger partial charge in [0.15, 0.2) is 11.5 Å². The molecule has 8 heteroatoms. The van der Waals surface area contributed by atoms with Crippen molar-refractivity contribution in [3.63, 3.8) is 0 Å². The molecular formula is C12H12N4O4. The van der Waals surface area contributed by atoms with Gasteiger partial charge in [0.25, 0.3) is 5.56 Å². The van der Waals surface area contributed by atoms with E-state index < -0.39 is 17.0 Å². The monoisotopic (exact) mass is 276 g/mol. The van der Waals surface area contributed by atoms with Crippen molar-refractivity contribution in [3.8, 4) is 11.6 Å². The molecule has 0 aliphatic rings. The Morgan fingerprint density at radius 3 is 2.50 bits per heavy atom. The van der Waals surface area contributed by atoms with E-state index >= 15 is 0 Å². The number of methoxy groups -OCH3 is 1. The van der Waals surface area contributed by atoms with Gasteiger partial charge in [0.05, 0.1) is 19.0 Å². The Balaban J connectivity index is 2.75. The van der Waals surface area contributed by atoms with Gasteiger partial charge in [-0.15, -0.1) is 0 Å². The van der Waals surface area contributed by atoms with Crippen LogP contribution in [0.1, 0.15) is 17.4 Å². The molecule has 2 heterocycles. The van der Waals surface area contributed by atoms with E-state index in [-0.39, 0.29) is 11.4 Å². The first-order valence-corrected chi connectivity index (χ1v) is 5.67. The molecule has 0 spiro atoms. The van der Waals surface area contributed by atoms with E-state index in [1.54, 1.807) is 0 Å². The highest BCUT2D eigenvalue weighted by molar-refractivity contribution is 5.91. The van der Waals surface area contributed by atoms with E-state index in [0.717, 1.165) is 9.25 Å². The standard InChI is InChI=1S/C12H12N4O4/c1-7(17)10-11(18)16(12(19)15(2)14-10)8-4-5-9(20-3)13-6-8/h4-6H,1-3H3. The van der Waals surface area contributed by atoms with Crippen molar-refractivity contribution in [1.29, 1.82) is 0 Å². The minimum atomic E-state index is -0.771. The molecule has 20 heavy (non-hydrogen) atoms. The quantitative estimate of drug-likeness (QED) is 0.704. The molecule has 0 radical (unpaired) electrons. The van der Waals surface area contributed by atoms with Crippen LogP contribution in [0.2, 0.25) is 0 Å². The number of rotatable bonds is 3. The number of carbonyl (C=O) groups is 1. The molecule has 0 unspecified atom stereocenters. The number of ketones is 1. The van der Waals surface area contributed by atoms with E-state index in [1.807, 2.05) is 0 Å². The van der Waals surface area contributed by atoms with E-state index in [2.05, 4.69) is 10.1 Å². The molecule has 0 saturated carbocycles. The van der Waals surface area contributed by atoms with Crippen molar-refractivity contribution in [2.24, 2.45) is 7.05 Å². The zero-order chi connectivity index (χ0) is 14.9. The lowest BCUT2D eigenvalue weighted by Gasteiger charge is -2.08. The van der Waals surface area contributed by atoms with Gasteiger partial charge < -0.3 is 4.74 Å². The molecule has 0 fully saturated rings. The van der Waals surface area contributed by atoms with Gasteiger partial charge in [-0.25, -0.2) is 19.0 Å². The molecule has 0 aromatic carbocycles. The van der Waals surface area contributed by atoms with Gasteiger partial charge in [-0.3, -0.25) is 9.59 Å². The normalized spacial score (nSPS) is 10.3. The van der Waals surface area contributed by atoms with Crippen molar-refractivity contribution >= 4 is 5.78 Å². The highest BCUT2D eigenvalue weighted by Gasteiger charge is 2.16. The molecule has 104 valence electrons. The molecule has 0 amide bonds. The second kappa shape index (κ2) is 5.08. The summed E-state index contributed by atoms with van der Waals surface area (Å²) in [6.45, 7) is 1.21. The van der Waals surface area contributed by atoms with Crippen molar-refractivity contribution in [1.82, 2.24) is 19.3 Å². The van der Waals surface area contributed by atoms with Gasteiger partial charge in [-0.1, -0.05) is 0 Å². The first-order chi connectivity index (χ1) is 9.45. The first-order valence-electron chi connectivity index (χ1n) is 5.67. The molecular weight excluding hydrogens is 264 g/mol. The minimum Gasteiger partial charge on any atom is -0.481 e. The smallest absolute Gasteiger partial charge is 0.351 e. The van der Waals surface area contributed by atoms with Gasteiger partial charge in [0, 0.05) is 20.0 Å². The summed E-state index contributed by atoms with van der Waals surface area (Å²) in [5.74, 6) is -0.166. The highest BCUT2D eigenvalue weighted by Crippen LogP contribution is 2.08. The third-order valence-electron chi connectivity index (χ3n) is 2.65. The van der Waals surface area contributed by atoms with Crippen LogP contribution in [0.5, 0.6) is 5.88 Å². The number of hydrogen-bond acceptors (Lipinski definition) is 6. The van der Waals surface area contributed by atoms with Crippen LogP contribution >= 0.6 is 0 Å². The molecule has 0 bridgehead atoms. The van der Waals surface area contributed by atoms with Crippen LogP contribution in [0, 0.1) is 0 Å². The summed E-state index contributed by atoms with van der Waals surface area (Å²) in [4.78, 5) is 39.5. The third kappa shape index (κ3) is 2.22. The predicted octanol–water partition coefficient (Wildman–Crippen LogP) is -0.463. The van der Waals surface area contributed by atoms with Crippen molar-refractivity contribution < 1.29 is 9.53 Å². The molecule has 0 aliphatic carbocycles. The summed E-state index contributed by atoms with van der Waals surface area (Å²) in [7, 11) is 2.81. The zero-order valence-corrected chi connectivity index (χ0v) is 11.2. The number of hydrogen-bond donors (Lipinski definition) is 0. The van der Waals surface area contributed by atoms with Crippen LogP contribution in [0.15, 0.2) is 27.9 Å². The van der Waals surface area contributed by atoms with Gasteiger partial charge in [-0.05, 0) is 6.07 Å². The van der Waals surface area contributed by atoms with Crippen LogP contribution in [0.4, 0.5) is 0 Å². The average molecular weight is 276 g/mol. The molecule has 0 aliphatic heterocycles. The van der Waals surface area contributed by atoms with E-state index in [9.17, 15) is 14.4 Å². The third-order valence-corrected chi connectivity index (χ3v) is 2.65. The van der Waals surface area contributed by atoms with E-state index in [4.69, 9.17) is 4.74 Å². The van der Waals surface area contributed by atoms with Crippen LogP contribution < -0.4 is 16.0 Å². The number of carbonyl (C=O) groups excluding carboxylic acids is 1. The first kappa shape index (κ1) is 13.7.